The number of nitrogens with one attached hydrogen (secondary N) is 1. The first-order valence-corrected chi connectivity index (χ1v) is 8.22. The number of aliphatic hydroxyl groups excluding tert-OH is 3. The van der Waals surface area contributed by atoms with Crippen LogP contribution in [0.2, 0.25) is 0 Å². The monoisotopic (exact) mass is 327 g/mol. The number of aliphatic imine (C=N–C) groups is 1. The fourth-order valence-corrected chi connectivity index (χ4v) is 3.13. The van der Waals surface area contributed by atoms with Crippen molar-refractivity contribution in [3.8, 4) is 0 Å². The van der Waals surface area contributed by atoms with E-state index in [4.69, 9.17) is 9.57 Å². The summed E-state index contributed by atoms with van der Waals surface area (Å²) in [5, 5.41) is 29.2. The van der Waals surface area contributed by atoms with E-state index in [1.54, 1.807) is 4.90 Å². The molecule has 4 N–H and O–H groups in total. The fourth-order valence-electron chi connectivity index (χ4n) is 3.13. The molecular weight excluding hydrogens is 302 g/mol. The average Bonchev–Trinajstić information content (AvgIpc) is 2.93. The Morgan fingerprint density at radius 1 is 1.43 bits per heavy atom. The number of nitrogens with zero attached hydrogens (tertiary/aromatic N) is 2. The molecule has 130 valence electrons. The molecule has 0 aliphatic carbocycles. The molecule has 0 saturated carbocycles. The van der Waals surface area contributed by atoms with Crippen LogP contribution in [0, 0.1) is 0 Å². The van der Waals surface area contributed by atoms with Gasteiger partial charge in [0.05, 0.1) is 18.8 Å². The van der Waals surface area contributed by atoms with E-state index < -0.39 is 24.8 Å². The minimum atomic E-state index is -1.10. The summed E-state index contributed by atoms with van der Waals surface area (Å²) < 4.78 is 5.60. The first-order chi connectivity index (χ1) is 11.1. The summed E-state index contributed by atoms with van der Waals surface area (Å²) in [7, 11) is 0. The van der Waals surface area contributed by atoms with Crippen LogP contribution >= 0.6 is 0 Å². The van der Waals surface area contributed by atoms with Crippen LogP contribution in [0.5, 0.6) is 0 Å². The van der Waals surface area contributed by atoms with Gasteiger partial charge in [-0.1, -0.05) is 19.8 Å². The van der Waals surface area contributed by atoms with E-state index in [1.807, 2.05) is 6.20 Å². The molecule has 0 radical (unpaired) electrons. The third-order valence-electron chi connectivity index (χ3n) is 4.49. The number of amidine groups is 1. The van der Waals surface area contributed by atoms with Crippen molar-refractivity contribution in [1.82, 2.24) is 10.4 Å². The lowest BCUT2D eigenvalue weighted by Crippen LogP contribution is -2.47. The summed E-state index contributed by atoms with van der Waals surface area (Å²) in [6.07, 6.45) is 3.12. The molecule has 0 aromatic heterocycles. The number of ether oxygens (including phenoxy) is 1. The Bertz CT molecular complexity index is 484. The van der Waals surface area contributed by atoms with Crippen LogP contribution in [0.15, 0.2) is 16.8 Å². The summed E-state index contributed by atoms with van der Waals surface area (Å²) in [6, 6.07) is 0. The highest BCUT2D eigenvalue weighted by atomic mass is 16.7. The molecule has 3 heterocycles. The Balaban J connectivity index is 1.69. The topological polar surface area (TPSA) is 107 Å². The van der Waals surface area contributed by atoms with Gasteiger partial charge in [-0.05, 0) is 6.42 Å². The zero-order valence-corrected chi connectivity index (χ0v) is 13.3. The van der Waals surface area contributed by atoms with E-state index in [-0.39, 0.29) is 12.7 Å². The number of hydrogen-bond acceptors (Lipinski definition) is 8. The maximum atomic E-state index is 10.2. The van der Waals surface area contributed by atoms with E-state index in [1.165, 1.54) is 0 Å². The third kappa shape index (κ3) is 3.51. The summed E-state index contributed by atoms with van der Waals surface area (Å²) in [5.74, 6) is 0.541. The lowest BCUT2D eigenvalue weighted by molar-refractivity contribution is -0.112. The van der Waals surface area contributed by atoms with Gasteiger partial charge < -0.3 is 25.0 Å². The van der Waals surface area contributed by atoms with Crippen molar-refractivity contribution < 1.29 is 24.9 Å². The second-order valence-electron chi connectivity index (χ2n) is 6.23. The molecule has 0 aromatic rings. The number of hydroxylamine groups is 1. The van der Waals surface area contributed by atoms with Gasteiger partial charge in [0.15, 0.2) is 5.84 Å². The Labute approximate surface area is 135 Å². The Morgan fingerprint density at radius 3 is 2.96 bits per heavy atom. The highest BCUT2D eigenvalue weighted by Crippen LogP contribution is 2.30. The summed E-state index contributed by atoms with van der Waals surface area (Å²) in [5.41, 5.74) is 3.77. The molecule has 3 aliphatic rings. The Morgan fingerprint density at radius 2 is 2.26 bits per heavy atom. The molecule has 23 heavy (non-hydrogen) atoms. The van der Waals surface area contributed by atoms with Gasteiger partial charge in [-0.15, -0.1) is 0 Å². The van der Waals surface area contributed by atoms with Gasteiger partial charge in [-0.2, -0.15) is 0 Å². The lowest BCUT2D eigenvalue weighted by atomic mass is 10.0. The van der Waals surface area contributed by atoms with Gasteiger partial charge in [0.2, 0.25) is 6.35 Å². The highest BCUT2D eigenvalue weighted by Gasteiger charge is 2.40. The zero-order chi connectivity index (χ0) is 16.4. The minimum Gasteiger partial charge on any atom is -0.394 e. The molecule has 3 unspecified atom stereocenters. The van der Waals surface area contributed by atoms with Crippen LogP contribution < -0.4 is 5.48 Å². The number of hydrogen-bond donors (Lipinski definition) is 4. The lowest BCUT2D eigenvalue weighted by Gasteiger charge is -2.37. The maximum absolute atomic E-state index is 10.2. The molecule has 8 heteroatoms. The molecule has 0 aromatic carbocycles. The van der Waals surface area contributed by atoms with Crippen LogP contribution in [0.1, 0.15) is 39.0 Å². The molecule has 8 nitrogen and oxygen atoms in total. The largest absolute Gasteiger partial charge is 0.394 e. The van der Waals surface area contributed by atoms with Gasteiger partial charge in [-0.25, -0.2) is 10.5 Å². The molecule has 3 aliphatic heterocycles. The SMILES string of the molecule is CCCCC1CC2=CN(C3C[C@H](O)[C@@H](CO)O3)C(O)N=C2NO1. The van der Waals surface area contributed by atoms with Crippen molar-refractivity contribution in [2.75, 3.05) is 6.61 Å². The van der Waals surface area contributed by atoms with Gasteiger partial charge in [0.25, 0.3) is 0 Å². The maximum Gasteiger partial charge on any atom is 0.229 e. The van der Waals surface area contributed by atoms with E-state index in [0.717, 1.165) is 24.8 Å². The first-order valence-electron chi connectivity index (χ1n) is 8.22. The number of aliphatic hydroxyl groups is 3. The molecule has 0 spiro atoms. The number of fused-ring (bicyclic) bond motifs is 1. The highest BCUT2D eigenvalue weighted by molar-refractivity contribution is 5.98. The van der Waals surface area contributed by atoms with Crippen LogP contribution in [0.25, 0.3) is 0 Å². The molecule has 2 saturated heterocycles. The van der Waals surface area contributed by atoms with Crippen molar-refractivity contribution in [2.45, 2.75) is 69.9 Å². The normalized spacial score (nSPS) is 37.0. The van der Waals surface area contributed by atoms with Crippen LogP contribution in [-0.4, -0.2) is 63.6 Å². The number of rotatable bonds is 5. The van der Waals surface area contributed by atoms with Gasteiger partial charge in [0.1, 0.15) is 12.3 Å². The quantitative estimate of drug-likeness (QED) is 0.554. The van der Waals surface area contributed by atoms with Crippen molar-refractivity contribution in [2.24, 2.45) is 4.99 Å². The Hall–Kier alpha value is -1.19. The third-order valence-corrected chi connectivity index (χ3v) is 4.49. The minimum absolute atomic E-state index is 0.0810. The molecule has 5 atom stereocenters. The first kappa shape index (κ1) is 16.7. The fraction of sp³-hybridized carbons (Fsp3) is 0.800. The van der Waals surface area contributed by atoms with Gasteiger partial charge in [0, 0.05) is 24.6 Å². The molecular formula is C15H25N3O5. The molecule has 2 fully saturated rings. The number of unbranched alkanes of at least 4 members (excludes halogenated alkanes) is 1. The van der Waals surface area contributed by atoms with Crippen molar-refractivity contribution >= 4 is 5.84 Å². The van der Waals surface area contributed by atoms with Gasteiger partial charge >= 0.3 is 0 Å². The molecule has 0 bridgehead atoms. The van der Waals surface area contributed by atoms with E-state index in [9.17, 15) is 15.3 Å². The molecule has 3 rings (SSSR count). The predicted octanol–water partition coefficient (Wildman–Crippen LogP) is -0.188. The van der Waals surface area contributed by atoms with E-state index in [0.29, 0.717) is 18.7 Å². The smallest absolute Gasteiger partial charge is 0.229 e. The van der Waals surface area contributed by atoms with Crippen molar-refractivity contribution in [3.63, 3.8) is 0 Å². The summed E-state index contributed by atoms with van der Waals surface area (Å²) in [6.45, 7) is 1.89. The molecule has 0 amide bonds. The van der Waals surface area contributed by atoms with Crippen LogP contribution in [0.3, 0.4) is 0 Å². The second kappa shape index (κ2) is 7.14. The Kier molecular flexibility index (Phi) is 5.17. The second-order valence-corrected chi connectivity index (χ2v) is 6.23. The van der Waals surface area contributed by atoms with Crippen molar-refractivity contribution in [1.29, 1.82) is 0 Å². The van der Waals surface area contributed by atoms with Crippen molar-refractivity contribution in [3.05, 3.63) is 11.8 Å². The average molecular weight is 327 g/mol. The van der Waals surface area contributed by atoms with Crippen LogP contribution in [-0.2, 0) is 9.57 Å². The zero-order valence-electron chi connectivity index (χ0n) is 13.3. The van der Waals surface area contributed by atoms with E-state index >= 15 is 0 Å². The standard InChI is InChI=1S/C15H25N3O5/c1-2-3-4-10-5-9-7-18(15(21)16-14(9)17-23-10)13-6-11(20)12(8-19)22-13/h7,10-13,15,19-21H,2-6,8H2,1H3,(H,16,17)/t10?,11-,12+,13?,15?/m0/s1. The summed E-state index contributed by atoms with van der Waals surface area (Å²) in [4.78, 5) is 11.3. The predicted molar refractivity (Wildman–Crippen MR) is 81.9 cm³/mol. The van der Waals surface area contributed by atoms with Gasteiger partial charge in [-0.3, -0.25) is 4.84 Å². The van der Waals surface area contributed by atoms with E-state index in [2.05, 4.69) is 17.4 Å². The van der Waals surface area contributed by atoms with Crippen LogP contribution in [0.4, 0.5) is 0 Å². The summed E-state index contributed by atoms with van der Waals surface area (Å²) >= 11 is 0.